The van der Waals surface area contributed by atoms with E-state index in [1.807, 2.05) is 50.2 Å². The van der Waals surface area contributed by atoms with Crippen LogP contribution in [0.25, 0.3) is 11.3 Å². The molecule has 1 heterocycles. The summed E-state index contributed by atoms with van der Waals surface area (Å²) < 4.78 is 4.34. The Hall–Kier alpha value is -1.52. The molecule has 1 aliphatic carbocycles. The summed E-state index contributed by atoms with van der Waals surface area (Å²) >= 11 is 12.4. The molecule has 3 rings (SSSR count). The van der Waals surface area contributed by atoms with Gasteiger partial charge in [0.1, 0.15) is 10.0 Å². The normalized spacial score (nSPS) is 26.6. The lowest BCUT2D eigenvalue weighted by atomic mass is 10.1. The molecule has 1 saturated carbocycles. The fourth-order valence-corrected chi connectivity index (χ4v) is 3.57. The number of hydrogen-bond acceptors (Lipinski definition) is 3. The predicted molar refractivity (Wildman–Crippen MR) is 90.2 cm³/mol. The van der Waals surface area contributed by atoms with E-state index in [4.69, 9.17) is 27.7 Å². The van der Waals surface area contributed by atoms with Gasteiger partial charge in [-0.05, 0) is 13.8 Å². The molecule has 0 saturated heterocycles. The summed E-state index contributed by atoms with van der Waals surface area (Å²) in [7, 11) is 0. The van der Waals surface area contributed by atoms with Gasteiger partial charge in [0.15, 0.2) is 5.76 Å². The number of halogens is 2. The minimum absolute atomic E-state index is 0.0971. The topological polar surface area (TPSA) is 55.1 Å². The van der Waals surface area contributed by atoms with E-state index in [0.29, 0.717) is 5.76 Å². The molecule has 1 aromatic carbocycles. The molecule has 3 atom stereocenters. The average Bonchev–Trinajstić information content (AvgIpc) is 2.94. The molecule has 0 aliphatic heterocycles. The monoisotopic (exact) mass is 352 g/mol. The number of rotatable bonds is 4. The quantitative estimate of drug-likeness (QED) is 0.832. The minimum atomic E-state index is -1.02. The lowest BCUT2D eigenvalue weighted by molar-refractivity contribution is -0.127. The van der Waals surface area contributed by atoms with Crippen molar-refractivity contribution in [3.05, 3.63) is 42.2 Å². The van der Waals surface area contributed by atoms with Crippen molar-refractivity contribution in [1.82, 2.24) is 10.5 Å². The number of carbonyl (C=O) groups is 1. The molecule has 1 fully saturated rings. The lowest BCUT2D eigenvalue weighted by Crippen LogP contribution is -2.35. The summed E-state index contributed by atoms with van der Waals surface area (Å²) in [4.78, 5) is 12.5. The lowest BCUT2D eigenvalue weighted by Gasteiger charge is -2.16. The number of carbonyl (C=O) groups excluding carboxylic acids is 1. The maximum Gasteiger partial charge on any atom is 0.229 e. The minimum Gasteiger partial charge on any atom is -0.359 e. The zero-order valence-corrected chi connectivity index (χ0v) is 14.7. The van der Waals surface area contributed by atoms with Gasteiger partial charge >= 0.3 is 0 Å². The third-order valence-electron chi connectivity index (χ3n) is 4.86. The number of benzene rings is 1. The van der Waals surface area contributed by atoms with Crippen molar-refractivity contribution in [3.8, 4) is 11.3 Å². The Balaban J connectivity index is 1.72. The van der Waals surface area contributed by atoms with Gasteiger partial charge in [0, 0.05) is 17.5 Å². The Labute approximate surface area is 145 Å². The van der Waals surface area contributed by atoms with Crippen LogP contribution in [0.5, 0.6) is 0 Å². The number of hydrogen-bond donors (Lipinski definition) is 1. The summed E-state index contributed by atoms with van der Waals surface area (Å²) in [5.41, 5.74) is 0.910. The largest absolute Gasteiger partial charge is 0.359 e. The van der Waals surface area contributed by atoms with Gasteiger partial charge in [0.2, 0.25) is 5.91 Å². The Kier molecular flexibility index (Phi) is 3.93. The summed E-state index contributed by atoms with van der Waals surface area (Å²) in [5, 5.41) is 6.97. The fraction of sp³-hybridized carbons (Fsp3) is 0.412. The van der Waals surface area contributed by atoms with Crippen LogP contribution >= 0.6 is 23.2 Å². The van der Waals surface area contributed by atoms with Crippen LogP contribution in [0, 0.1) is 11.3 Å². The second kappa shape index (κ2) is 5.53. The molecule has 2 aromatic rings. The highest BCUT2D eigenvalue weighted by atomic mass is 35.5. The smallest absolute Gasteiger partial charge is 0.229 e. The van der Waals surface area contributed by atoms with Gasteiger partial charge in [-0.25, -0.2) is 0 Å². The molecule has 1 N–H and O–H groups in total. The molecular weight excluding hydrogens is 335 g/mol. The van der Waals surface area contributed by atoms with Crippen molar-refractivity contribution in [1.29, 1.82) is 0 Å². The maximum atomic E-state index is 12.5. The van der Waals surface area contributed by atoms with Gasteiger partial charge in [0.25, 0.3) is 0 Å². The van der Waals surface area contributed by atoms with E-state index in [0.717, 1.165) is 11.3 Å². The van der Waals surface area contributed by atoms with Crippen molar-refractivity contribution in [2.75, 3.05) is 0 Å². The Morgan fingerprint density at radius 1 is 1.35 bits per heavy atom. The highest BCUT2D eigenvalue weighted by Crippen LogP contribution is 2.68. The molecule has 0 bridgehead atoms. The van der Waals surface area contributed by atoms with Gasteiger partial charge in [-0.15, -0.1) is 23.2 Å². The van der Waals surface area contributed by atoms with Crippen LogP contribution in [0.2, 0.25) is 0 Å². The van der Waals surface area contributed by atoms with Crippen LogP contribution in [0.1, 0.15) is 32.6 Å². The molecule has 23 heavy (non-hydrogen) atoms. The maximum absolute atomic E-state index is 12.5. The Morgan fingerprint density at radius 2 is 1.96 bits per heavy atom. The number of aromatic nitrogens is 1. The fourth-order valence-electron chi connectivity index (χ4n) is 2.74. The molecule has 1 aromatic heterocycles. The summed E-state index contributed by atoms with van der Waals surface area (Å²) in [6, 6.07) is 11.2. The van der Waals surface area contributed by atoms with Gasteiger partial charge < -0.3 is 9.84 Å². The predicted octanol–water partition coefficient (Wildman–Crippen LogP) is 4.35. The van der Waals surface area contributed by atoms with Gasteiger partial charge in [-0.3, -0.25) is 4.79 Å². The Morgan fingerprint density at radius 3 is 2.52 bits per heavy atom. The first-order valence-corrected chi connectivity index (χ1v) is 8.25. The summed E-state index contributed by atoms with van der Waals surface area (Å²) in [6.07, 6.45) is 0. The summed E-state index contributed by atoms with van der Waals surface area (Å²) in [5.74, 6) is 0.309. The highest BCUT2D eigenvalue weighted by molar-refractivity contribution is 6.53. The zero-order valence-electron chi connectivity index (χ0n) is 13.1. The molecule has 0 radical (unpaired) electrons. The molecule has 1 amide bonds. The molecular formula is C17H18Cl2N2O2. The van der Waals surface area contributed by atoms with E-state index in [9.17, 15) is 4.79 Å². The van der Waals surface area contributed by atoms with E-state index < -0.39 is 9.75 Å². The third-order valence-corrected chi connectivity index (χ3v) is 6.30. The van der Waals surface area contributed by atoms with Crippen molar-refractivity contribution in [3.63, 3.8) is 0 Å². The van der Waals surface area contributed by atoms with E-state index >= 15 is 0 Å². The standard InChI is InChI=1S/C17H18Cl2N2O2/c1-10(20-15(22)16(3)11(2)17(16,18)19)14-9-13(21-23-14)12-7-5-4-6-8-12/h4-11H,1-3H3,(H,20,22). The zero-order chi connectivity index (χ0) is 16.8. The van der Waals surface area contributed by atoms with E-state index in [1.54, 1.807) is 6.92 Å². The number of nitrogens with one attached hydrogen (secondary N) is 1. The van der Waals surface area contributed by atoms with E-state index in [1.165, 1.54) is 0 Å². The SMILES string of the molecule is CC(NC(=O)C1(C)C(C)C1(Cl)Cl)c1cc(-c2ccccc2)no1. The molecule has 4 nitrogen and oxygen atoms in total. The van der Waals surface area contributed by atoms with Crippen molar-refractivity contribution < 1.29 is 9.32 Å². The second-order valence-electron chi connectivity index (χ2n) is 6.22. The highest BCUT2D eigenvalue weighted by Gasteiger charge is 2.75. The molecule has 0 spiro atoms. The molecule has 1 aliphatic rings. The molecule has 122 valence electrons. The summed E-state index contributed by atoms with van der Waals surface area (Å²) in [6.45, 7) is 5.48. The van der Waals surface area contributed by atoms with Gasteiger partial charge in [0.05, 0.1) is 11.5 Å². The third kappa shape index (κ3) is 2.54. The second-order valence-corrected chi connectivity index (χ2v) is 7.61. The van der Waals surface area contributed by atoms with Crippen LogP contribution in [0.15, 0.2) is 40.9 Å². The van der Waals surface area contributed by atoms with E-state index in [2.05, 4.69) is 10.5 Å². The van der Waals surface area contributed by atoms with Crippen molar-refractivity contribution in [2.45, 2.75) is 31.1 Å². The first kappa shape index (κ1) is 16.3. The first-order valence-electron chi connectivity index (χ1n) is 7.49. The van der Waals surface area contributed by atoms with Gasteiger partial charge in [-0.2, -0.15) is 0 Å². The van der Waals surface area contributed by atoms with Crippen LogP contribution < -0.4 is 5.32 Å². The van der Waals surface area contributed by atoms with Crippen molar-refractivity contribution >= 4 is 29.1 Å². The van der Waals surface area contributed by atoms with Crippen LogP contribution in [-0.2, 0) is 4.79 Å². The van der Waals surface area contributed by atoms with Crippen LogP contribution in [-0.4, -0.2) is 15.4 Å². The number of alkyl halides is 2. The van der Waals surface area contributed by atoms with E-state index in [-0.39, 0.29) is 17.9 Å². The Bertz CT molecular complexity index is 729. The van der Waals surface area contributed by atoms with Crippen molar-refractivity contribution in [2.24, 2.45) is 11.3 Å². The average molecular weight is 353 g/mol. The number of amides is 1. The van der Waals surface area contributed by atoms with Gasteiger partial charge in [-0.1, -0.05) is 42.4 Å². The van der Waals surface area contributed by atoms with Crippen LogP contribution in [0.4, 0.5) is 0 Å². The molecule has 3 unspecified atom stereocenters. The molecule has 6 heteroatoms. The first-order chi connectivity index (χ1) is 10.8. The van der Waals surface area contributed by atoms with Crippen LogP contribution in [0.3, 0.4) is 0 Å². The number of nitrogens with zero attached hydrogens (tertiary/aromatic N) is 1.